The van der Waals surface area contributed by atoms with Crippen LogP contribution >= 0.6 is 34.8 Å². The molecule has 3 N–H and O–H groups in total. The highest BCUT2D eigenvalue weighted by Crippen LogP contribution is 2.36. The number of amides is 1. The van der Waals surface area contributed by atoms with Gasteiger partial charge in [0, 0.05) is 32.0 Å². The summed E-state index contributed by atoms with van der Waals surface area (Å²) in [6, 6.07) is 1.47. The van der Waals surface area contributed by atoms with Crippen molar-refractivity contribution in [3.8, 4) is 0 Å². The number of rotatable bonds is 7. The van der Waals surface area contributed by atoms with Gasteiger partial charge in [0.2, 0.25) is 21.2 Å². The van der Waals surface area contributed by atoms with Crippen LogP contribution in [0, 0.1) is 11.8 Å². The maximum absolute atomic E-state index is 13.6. The molecule has 2 heterocycles. The van der Waals surface area contributed by atoms with Crippen molar-refractivity contribution in [2.45, 2.75) is 56.0 Å². The zero-order valence-corrected chi connectivity index (χ0v) is 21.7. The van der Waals surface area contributed by atoms with Crippen LogP contribution in [0.3, 0.4) is 0 Å². The number of aromatic nitrogens is 2. The number of piperidine rings is 1. The molecule has 4 rings (SSSR count). The quantitative estimate of drug-likeness (QED) is 0.504. The number of carbonyl (C=O) groups is 1. The summed E-state index contributed by atoms with van der Waals surface area (Å²) in [7, 11) is -4.11. The summed E-state index contributed by atoms with van der Waals surface area (Å²) in [6.45, 7) is 1.61. The molecule has 1 aromatic carbocycles. The van der Waals surface area contributed by atoms with Crippen LogP contribution in [0.5, 0.6) is 0 Å². The second kappa shape index (κ2) is 10.6. The van der Waals surface area contributed by atoms with Gasteiger partial charge in [-0.2, -0.15) is 4.72 Å². The Kier molecular flexibility index (Phi) is 7.99. The number of hydrogen-bond donors (Lipinski definition) is 2. The Balaban J connectivity index is 1.56. The van der Waals surface area contributed by atoms with Gasteiger partial charge in [0.05, 0.1) is 20.6 Å². The summed E-state index contributed by atoms with van der Waals surface area (Å²) in [5.74, 6) is 0.884. The molecule has 1 saturated carbocycles. The molecular weight excluding hydrogens is 521 g/mol. The lowest BCUT2D eigenvalue weighted by atomic mass is 9.75. The lowest BCUT2D eigenvalue weighted by Crippen LogP contribution is -2.53. The first kappa shape index (κ1) is 25.6. The summed E-state index contributed by atoms with van der Waals surface area (Å²) < 4.78 is 30.7. The van der Waals surface area contributed by atoms with Gasteiger partial charge in [0.15, 0.2) is 0 Å². The number of hydrogen-bond acceptors (Lipinski definition) is 5. The van der Waals surface area contributed by atoms with Crippen molar-refractivity contribution in [1.82, 2.24) is 19.2 Å². The molecule has 1 amide bonds. The lowest BCUT2D eigenvalue weighted by Gasteiger charge is -2.42. The van der Waals surface area contributed by atoms with Crippen LogP contribution in [0.15, 0.2) is 29.4 Å². The standard InChI is InChI=1S/C22H28Cl3N5O3S/c23-17-11-16(12-18(24)20(17)26)34(32,33)28-19(6-9-29-10-7-27-22(29)25)21(31)30-8-5-14-3-1-2-4-15(14)13-30/h7,10-12,14-15,19,28H,1-6,8-9,13,26H2. The van der Waals surface area contributed by atoms with Gasteiger partial charge in [-0.15, -0.1) is 0 Å². The third-order valence-electron chi connectivity index (χ3n) is 6.88. The van der Waals surface area contributed by atoms with Gasteiger partial charge in [-0.1, -0.05) is 42.5 Å². The zero-order valence-electron chi connectivity index (χ0n) is 18.6. The lowest BCUT2D eigenvalue weighted by molar-refractivity contribution is -0.136. The molecule has 1 aromatic heterocycles. The number of imidazole rings is 1. The first-order valence-corrected chi connectivity index (χ1v) is 14.0. The number of aryl methyl sites for hydroxylation is 1. The van der Waals surface area contributed by atoms with Crippen molar-refractivity contribution < 1.29 is 13.2 Å². The summed E-state index contributed by atoms with van der Waals surface area (Å²) in [6.07, 6.45) is 9.13. The molecule has 8 nitrogen and oxygen atoms in total. The minimum Gasteiger partial charge on any atom is -0.396 e. The molecule has 0 bridgehead atoms. The largest absolute Gasteiger partial charge is 0.396 e. The Labute approximate surface area is 214 Å². The summed E-state index contributed by atoms with van der Waals surface area (Å²) in [4.78, 5) is 19.2. The number of nitrogens with two attached hydrogens (primary N) is 1. The van der Waals surface area contributed by atoms with Crippen molar-refractivity contribution in [1.29, 1.82) is 0 Å². The van der Waals surface area contributed by atoms with E-state index in [1.807, 2.05) is 0 Å². The van der Waals surface area contributed by atoms with E-state index in [4.69, 9.17) is 40.5 Å². The number of halogens is 3. The number of benzene rings is 1. The number of nitrogen functional groups attached to an aromatic ring is 1. The molecule has 0 radical (unpaired) electrons. The smallest absolute Gasteiger partial charge is 0.241 e. The van der Waals surface area contributed by atoms with Gasteiger partial charge in [-0.3, -0.25) is 4.79 Å². The normalized spacial score (nSPS) is 21.8. The number of carbonyl (C=O) groups excluding carboxylic acids is 1. The Hall–Kier alpha value is -1.52. The molecule has 2 aliphatic rings. The first-order valence-electron chi connectivity index (χ1n) is 11.4. The van der Waals surface area contributed by atoms with Gasteiger partial charge in [-0.25, -0.2) is 13.4 Å². The van der Waals surface area contributed by atoms with Crippen LogP contribution < -0.4 is 10.5 Å². The Morgan fingerprint density at radius 2 is 1.82 bits per heavy atom. The predicted molar refractivity (Wildman–Crippen MR) is 133 cm³/mol. The van der Waals surface area contributed by atoms with Crippen LogP contribution in [0.2, 0.25) is 15.3 Å². The van der Waals surface area contributed by atoms with Crippen LogP contribution in [0.25, 0.3) is 0 Å². The Bertz CT molecular complexity index is 1130. The second-order valence-electron chi connectivity index (χ2n) is 9.03. The van der Waals surface area contributed by atoms with Gasteiger partial charge >= 0.3 is 0 Å². The molecule has 2 fully saturated rings. The van der Waals surface area contributed by atoms with Crippen LogP contribution in [0.4, 0.5) is 5.69 Å². The predicted octanol–water partition coefficient (Wildman–Crippen LogP) is 4.20. The van der Waals surface area contributed by atoms with E-state index in [9.17, 15) is 13.2 Å². The van der Waals surface area contributed by atoms with Gasteiger partial charge in [0.25, 0.3) is 0 Å². The van der Waals surface area contributed by atoms with Crippen LogP contribution in [-0.2, 0) is 21.4 Å². The molecule has 2 aromatic rings. The average Bonchev–Trinajstić information content (AvgIpc) is 3.23. The zero-order chi connectivity index (χ0) is 24.5. The van der Waals surface area contributed by atoms with E-state index in [1.165, 1.54) is 31.4 Å². The molecular formula is C22H28Cl3N5O3S. The average molecular weight is 549 g/mol. The van der Waals surface area contributed by atoms with Crippen LogP contribution in [-0.4, -0.2) is 47.9 Å². The first-order chi connectivity index (χ1) is 16.2. The molecule has 3 unspecified atom stereocenters. The third-order valence-corrected chi connectivity index (χ3v) is 9.28. The van der Waals surface area contributed by atoms with E-state index in [0.717, 1.165) is 12.8 Å². The monoisotopic (exact) mass is 547 g/mol. The van der Waals surface area contributed by atoms with Crippen molar-refractivity contribution in [3.63, 3.8) is 0 Å². The molecule has 34 heavy (non-hydrogen) atoms. The van der Waals surface area contributed by atoms with Crippen molar-refractivity contribution in [2.24, 2.45) is 11.8 Å². The van der Waals surface area contributed by atoms with E-state index in [-0.39, 0.29) is 38.2 Å². The van der Waals surface area contributed by atoms with Crippen molar-refractivity contribution in [3.05, 3.63) is 39.9 Å². The highest BCUT2D eigenvalue weighted by atomic mass is 35.5. The summed E-state index contributed by atoms with van der Waals surface area (Å²) in [5.41, 5.74) is 5.85. The van der Waals surface area contributed by atoms with Gasteiger partial charge in [-0.05, 0) is 54.8 Å². The Morgan fingerprint density at radius 1 is 1.15 bits per heavy atom. The van der Waals surface area contributed by atoms with Gasteiger partial charge in [0.1, 0.15) is 6.04 Å². The SMILES string of the molecule is Nc1c(Cl)cc(S(=O)(=O)NC(CCn2ccnc2Cl)C(=O)N2CCC3CCCCC3C2)cc1Cl. The van der Waals surface area contributed by atoms with Crippen molar-refractivity contribution >= 4 is 56.4 Å². The number of anilines is 1. The molecule has 1 aliphatic heterocycles. The maximum atomic E-state index is 13.6. The molecule has 0 spiro atoms. The number of likely N-dealkylation sites (tertiary alicyclic amines) is 1. The fourth-order valence-electron chi connectivity index (χ4n) is 4.97. The number of fused-ring (bicyclic) bond motifs is 1. The summed E-state index contributed by atoms with van der Waals surface area (Å²) >= 11 is 18.2. The third kappa shape index (κ3) is 5.65. The van der Waals surface area contributed by atoms with E-state index in [0.29, 0.717) is 31.5 Å². The van der Waals surface area contributed by atoms with Crippen LogP contribution in [0.1, 0.15) is 38.5 Å². The highest BCUT2D eigenvalue weighted by molar-refractivity contribution is 7.89. The molecule has 3 atom stereocenters. The molecule has 1 aliphatic carbocycles. The van der Waals surface area contributed by atoms with E-state index in [1.54, 1.807) is 21.9 Å². The van der Waals surface area contributed by atoms with E-state index in [2.05, 4.69) is 9.71 Å². The molecule has 1 saturated heterocycles. The van der Waals surface area contributed by atoms with Gasteiger partial charge < -0.3 is 15.2 Å². The number of nitrogens with one attached hydrogen (secondary N) is 1. The fraction of sp³-hybridized carbons (Fsp3) is 0.545. The highest BCUT2D eigenvalue weighted by Gasteiger charge is 2.36. The number of nitrogens with zero attached hydrogens (tertiary/aromatic N) is 3. The maximum Gasteiger partial charge on any atom is 0.241 e. The Morgan fingerprint density at radius 3 is 2.47 bits per heavy atom. The van der Waals surface area contributed by atoms with Crippen molar-refractivity contribution in [2.75, 3.05) is 18.8 Å². The minimum absolute atomic E-state index is 0.0281. The van der Waals surface area contributed by atoms with E-state index >= 15 is 0 Å². The second-order valence-corrected chi connectivity index (χ2v) is 11.9. The molecule has 186 valence electrons. The fourth-order valence-corrected chi connectivity index (χ4v) is 7.06. The molecule has 12 heteroatoms. The topological polar surface area (TPSA) is 110 Å². The summed E-state index contributed by atoms with van der Waals surface area (Å²) in [5, 5.41) is 0.329. The minimum atomic E-state index is -4.11. The number of sulfonamides is 1. The van der Waals surface area contributed by atoms with E-state index < -0.39 is 16.1 Å².